The van der Waals surface area contributed by atoms with Crippen molar-refractivity contribution in [1.82, 2.24) is 0 Å². The Labute approximate surface area is 135 Å². The molecule has 0 spiro atoms. The van der Waals surface area contributed by atoms with Crippen LogP contribution < -0.4 is 0 Å². The summed E-state index contributed by atoms with van der Waals surface area (Å²) >= 11 is -0.776. The average molecular weight is 360 g/mol. The molecular formula is C12H18F2O8S. The lowest BCUT2D eigenvalue weighted by Gasteiger charge is -2.26. The minimum Gasteiger partial charge on any atom is -0.463 e. The van der Waals surface area contributed by atoms with Crippen molar-refractivity contribution in [2.24, 2.45) is 11.8 Å². The zero-order valence-corrected chi connectivity index (χ0v) is 12.9. The van der Waals surface area contributed by atoms with Gasteiger partial charge in [0.2, 0.25) is 0 Å². The number of ether oxygens (including phenoxy) is 2. The van der Waals surface area contributed by atoms with E-state index in [9.17, 15) is 18.4 Å². The summed E-state index contributed by atoms with van der Waals surface area (Å²) in [4.78, 5) is 22.4. The smallest absolute Gasteiger partial charge is 0.415 e. The number of aliphatic hydroxyl groups is 1. The van der Waals surface area contributed by atoms with Crippen molar-refractivity contribution in [3.05, 3.63) is 0 Å². The van der Waals surface area contributed by atoms with Crippen molar-refractivity contribution in [3.63, 3.8) is 0 Å². The first-order valence-corrected chi connectivity index (χ1v) is 7.60. The van der Waals surface area contributed by atoms with Crippen LogP contribution in [0.2, 0.25) is 0 Å². The Bertz CT molecular complexity index is 387. The molecule has 8 nitrogen and oxygen atoms in total. The third-order valence-corrected chi connectivity index (χ3v) is 3.94. The minimum absolute atomic E-state index is 0.112. The Hall–Kier alpha value is -1.01. The molecule has 0 bridgehead atoms. The van der Waals surface area contributed by atoms with E-state index in [1.165, 1.54) is 0 Å². The number of hydrogen-bond acceptors (Lipinski definition) is 9. The Kier molecular flexibility index (Phi) is 8.69. The molecule has 0 aliphatic heterocycles. The van der Waals surface area contributed by atoms with E-state index in [0.717, 1.165) is 25.7 Å². The van der Waals surface area contributed by atoms with Crippen molar-refractivity contribution >= 4 is 24.0 Å². The van der Waals surface area contributed by atoms with E-state index in [0.29, 0.717) is 0 Å². The first kappa shape index (κ1) is 20.0. The van der Waals surface area contributed by atoms with Crippen molar-refractivity contribution in [3.8, 4) is 0 Å². The van der Waals surface area contributed by atoms with E-state index in [1.807, 2.05) is 0 Å². The van der Waals surface area contributed by atoms with Gasteiger partial charge in [-0.15, -0.1) is 4.33 Å². The Morgan fingerprint density at radius 2 is 1.74 bits per heavy atom. The maximum atomic E-state index is 13.0. The van der Waals surface area contributed by atoms with Gasteiger partial charge < -0.3 is 14.6 Å². The van der Waals surface area contributed by atoms with Gasteiger partial charge in [0.25, 0.3) is 0 Å². The van der Waals surface area contributed by atoms with Crippen LogP contribution >= 0.6 is 12.0 Å². The Morgan fingerprint density at radius 1 is 1.13 bits per heavy atom. The molecule has 1 aliphatic carbocycles. The highest BCUT2D eigenvalue weighted by Gasteiger charge is 2.44. The first-order valence-electron chi connectivity index (χ1n) is 6.86. The summed E-state index contributed by atoms with van der Waals surface area (Å²) in [5.41, 5.74) is 0. The van der Waals surface area contributed by atoms with E-state index < -0.39 is 35.8 Å². The molecule has 0 atom stereocenters. The number of aliphatic hydroxyl groups excluding tert-OH is 1. The van der Waals surface area contributed by atoms with E-state index in [2.05, 4.69) is 14.1 Å². The van der Waals surface area contributed by atoms with Crippen LogP contribution in [0, 0.1) is 11.8 Å². The lowest BCUT2D eigenvalue weighted by Crippen LogP contribution is -2.30. The van der Waals surface area contributed by atoms with Gasteiger partial charge in [-0.1, -0.05) is 5.04 Å². The molecule has 0 radical (unpaired) electrons. The van der Waals surface area contributed by atoms with Crippen molar-refractivity contribution in [1.29, 1.82) is 0 Å². The number of carbonyl (C=O) groups excluding carboxylic acids is 2. The van der Waals surface area contributed by atoms with Gasteiger partial charge in [0.15, 0.2) is 6.61 Å². The van der Waals surface area contributed by atoms with Crippen LogP contribution in [-0.4, -0.2) is 47.4 Å². The molecule has 1 fully saturated rings. The van der Waals surface area contributed by atoms with Crippen LogP contribution in [0.4, 0.5) is 8.78 Å². The Morgan fingerprint density at radius 3 is 2.30 bits per heavy atom. The lowest BCUT2D eigenvalue weighted by molar-refractivity contribution is -0.433. The number of halogens is 2. The average Bonchev–Trinajstić information content (AvgIpc) is 2.56. The second kappa shape index (κ2) is 9.98. The maximum Gasteiger partial charge on any atom is 0.415 e. The standard InChI is InChI=1S/C12H18F2O8S/c13-12(14,23-22-21-18)11(17)20-7-10(16)19-6-9-3-1-8(5-15)2-4-9/h8-9,15,18H,1-7H2. The number of alkyl halides is 2. The van der Waals surface area contributed by atoms with Crippen LogP contribution in [0.3, 0.4) is 0 Å². The molecule has 1 rings (SSSR count). The fraction of sp³-hybridized carbons (Fsp3) is 0.833. The van der Waals surface area contributed by atoms with Gasteiger partial charge in [0.1, 0.15) is 12.0 Å². The fourth-order valence-corrected chi connectivity index (χ4v) is 2.38. The van der Waals surface area contributed by atoms with E-state index in [-0.39, 0.29) is 25.0 Å². The molecule has 0 amide bonds. The normalized spacial score (nSPS) is 21.7. The molecule has 0 aromatic heterocycles. The van der Waals surface area contributed by atoms with Gasteiger partial charge >= 0.3 is 17.2 Å². The first-order chi connectivity index (χ1) is 10.9. The summed E-state index contributed by atoms with van der Waals surface area (Å²) in [5.74, 6) is -2.56. The van der Waals surface area contributed by atoms with Gasteiger partial charge in [-0.05, 0) is 37.5 Å². The molecule has 23 heavy (non-hydrogen) atoms. The molecule has 0 unspecified atom stereocenters. The minimum atomic E-state index is -4.15. The molecule has 2 N–H and O–H groups in total. The topological polar surface area (TPSA) is 112 Å². The SMILES string of the molecule is O=C(COC(=O)C(F)(F)SOOO)OCC1CCC(CO)CC1. The highest BCUT2D eigenvalue weighted by atomic mass is 32.2. The highest BCUT2D eigenvalue weighted by Crippen LogP contribution is 2.31. The van der Waals surface area contributed by atoms with Gasteiger partial charge in [-0.2, -0.15) is 8.78 Å². The zero-order chi connectivity index (χ0) is 17.3. The Balaban J connectivity index is 2.20. The molecule has 0 aromatic carbocycles. The third-order valence-electron chi connectivity index (χ3n) is 3.43. The van der Waals surface area contributed by atoms with E-state index >= 15 is 0 Å². The fourth-order valence-electron chi connectivity index (χ4n) is 2.13. The number of esters is 2. The molecule has 0 aromatic rings. The van der Waals surface area contributed by atoms with Gasteiger partial charge in [-0.25, -0.2) is 14.8 Å². The van der Waals surface area contributed by atoms with Crippen molar-refractivity contribution in [2.45, 2.75) is 30.9 Å². The van der Waals surface area contributed by atoms with Crippen LogP contribution in [-0.2, 0) is 28.4 Å². The summed E-state index contributed by atoms with van der Waals surface area (Å²) in [6, 6.07) is 0. The molecule has 11 heteroatoms. The van der Waals surface area contributed by atoms with Crippen LogP contribution in [0.1, 0.15) is 25.7 Å². The van der Waals surface area contributed by atoms with Crippen molar-refractivity contribution < 1.29 is 47.6 Å². The van der Waals surface area contributed by atoms with E-state index in [1.54, 1.807) is 0 Å². The summed E-state index contributed by atoms with van der Waals surface area (Å²) in [7, 11) is 0. The number of carbonyl (C=O) groups is 2. The zero-order valence-electron chi connectivity index (χ0n) is 12.1. The molecule has 0 heterocycles. The number of rotatable bonds is 9. The van der Waals surface area contributed by atoms with Gasteiger partial charge in [0, 0.05) is 6.61 Å². The summed E-state index contributed by atoms with van der Waals surface area (Å²) < 4.78 is 38.4. The van der Waals surface area contributed by atoms with Crippen LogP contribution in [0.25, 0.3) is 0 Å². The van der Waals surface area contributed by atoms with Crippen LogP contribution in [0.5, 0.6) is 0 Å². The summed E-state index contributed by atoms with van der Waals surface area (Å²) in [6.07, 6.45) is 3.27. The predicted molar refractivity (Wildman–Crippen MR) is 71.8 cm³/mol. The quantitative estimate of drug-likeness (QED) is 0.274. The molecular weight excluding hydrogens is 342 g/mol. The second-order valence-electron chi connectivity index (χ2n) is 5.07. The monoisotopic (exact) mass is 360 g/mol. The summed E-state index contributed by atoms with van der Waals surface area (Å²) in [6.45, 7) is -0.707. The lowest BCUT2D eigenvalue weighted by atomic mass is 9.83. The largest absolute Gasteiger partial charge is 0.463 e. The maximum absolute atomic E-state index is 13.0. The van der Waals surface area contributed by atoms with Crippen molar-refractivity contribution in [2.75, 3.05) is 19.8 Å². The molecule has 0 saturated heterocycles. The molecule has 1 aliphatic rings. The van der Waals surface area contributed by atoms with Gasteiger partial charge in [-0.3, -0.25) is 0 Å². The number of hydrogen-bond donors (Lipinski definition) is 2. The summed E-state index contributed by atoms with van der Waals surface area (Å²) in [5, 5.41) is 15.5. The molecule has 1 saturated carbocycles. The predicted octanol–water partition coefficient (Wildman–Crippen LogP) is 1.53. The van der Waals surface area contributed by atoms with E-state index in [4.69, 9.17) is 15.1 Å². The second-order valence-corrected chi connectivity index (χ2v) is 5.89. The molecule has 134 valence electrons. The third kappa shape index (κ3) is 7.40. The van der Waals surface area contributed by atoms with Gasteiger partial charge in [0.05, 0.1) is 6.61 Å². The van der Waals surface area contributed by atoms with Crippen LogP contribution in [0.15, 0.2) is 0 Å². The highest BCUT2D eigenvalue weighted by molar-refractivity contribution is 7.96.